The zero-order chi connectivity index (χ0) is 9.90. The predicted molar refractivity (Wildman–Crippen MR) is 48.2 cm³/mol. The minimum atomic E-state index is -3.69. The number of carbonyl (C=O) groups is 1. The van der Waals surface area contributed by atoms with Crippen molar-refractivity contribution in [3.05, 3.63) is 0 Å². The van der Waals surface area contributed by atoms with Crippen LogP contribution >= 0.6 is 10.7 Å². The molecule has 0 N–H and O–H groups in total. The first kappa shape index (κ1) is 10.9. The van der Waals surface area contributed by atoms with Crippen molar-refractivity contribution in [2.45, 2.75) is 12.8 Å². The highest BCUT2D eigenvalue weighted by Crippen LogP contribution is 2.17. The summed E-state index contributed by atoms with van der Waals surface area (Å²) in [5.41, 5.74) is 0. The zero-order valence-electron chi connectivity index (χ0n) is 7.03. The number of hydrogen-bond donors (Lipinski definition) is 0. The molecule has 0 aliphatic carbocycles. The highest BCUT2D eigenvalue weighted by atomic mass is 35.7. The SMILES string of the molecule is O=C(CS(=O)(=O)Cl)C1CCOCC1. The Morgan fingerprint density at radius 3 is 2.38 bits per heavy atom. The van der Waals surface area contributed by atoms with Crippen molar-refractivity contribution in [3.63, 3.8) is 0 Å². The summed E-state index contributed by atoms with van der Waals surface area (Å²) >= 11 is 0. The molecule has 1 aliphatic heterocycles. The Morgan fingerprint density at radius 2 is 1.92 bits per heavy atom. The molecular weight excluding hydrogens is 216 g/mol. The second-order valence-electron chi connectivity index (χ2n) is 3.04. The monoisotopic (exact) mass is 226 g/mol. The van der Waals surface area contributed by atoms with Crippen LogP contribution in [0.3, 0.4) is 0 Å². The smallest absolute Gasteiger partial charge is 0.239 e. The molecular formula is C7H11ClO4S. The summed E-state index contributed by atoms with van der Waals surface area (Å²) in [6.07, 6.45) is 1.20. The summed E-state index contributed by atoms with van der Waals surface area (Å²) in [5.74, 6) is -1.04. The Labute approximate surface area is 81.6 Å². The van der Waals surface area contributed by atoms with E-state index < -0.39 is 14.8 Å². The minimum Gasteiger partial charge on any atom is -0.381 e. The van der Waals surface area contributed by atoms with Gasteiger partial charge in [-0.15, -0.1) is 0 Å². The van der Waals surface area contributed by atoms with Crippen LogP contribution in [0, 0.1) is 5.92 Å². The number of rotatable bonds is 3. The summed E-state index contributed by atoms with van der Waals surface area (Å²) in [5, 5.41) is 0. The van der Waals surface area contributed by atoms with Gasteiger partial charge in [-0.1, -0.05) is 0 Å². The van der Waals surface area contributed by atoms with Gasteiger partial charge in [0.2, 0.25) is 9.05 Å². The van der Waals surface area contributed by atoms with Crippen molar-refractivity contribution in [2.75, 3.05) is 19.0 Å². The molecule has 13 heavy (non-hydrogen) atoms. The van der Waals surface area contributed by atoms with E-state index in [2.05, 4.69) is 0 Å². The summed E-state index contributed by atoms with van der Waals surface area (Å²) < 4.78 is 26.2. The van der Waals surface area contributed by atoms with Gasteiger partial charge in [0, 0.05) is 29.8 Å². The maximum absolute atomic E-state index is 11.3. The largest absolute Gasteiger partial charge is 0.381 e. The van der Waals surface area contributed by atoms with E-state index in [-0.39, 0.29) is 11.7 Å². The van der Waals surface area contributed by atoms with Crippen molar-refractivity contribution in [3.8, 4) is 0 Å². The molecule has 0 bridgehead atoms. The summed E-state index contributed by atoms with van der Waals surface area (Å²) in [4.78, 5) is 11.3. The third kappa shape index (κ3) is 4.06. The fourth-order valence-corrected chi connectivity index (χ4v) is 2.21. The molecule has 1 fully saturated rings. The van der Waals surface area contributed by atoms with E-state index in [0.717, 1.165) is 0 Å². The van der Waals surface area contributed by atoms with Crippen molar-refractivity contribution in [1.29, 1.82) is 0 Å². The Morgan fingerprint density at radius 1 is 1.38 bits per heavy atom. The van der Waals surface area contributed by atoms with E-state index in [4.69, 9.17) is 15.4 Å². The van der Waals surface area contributed by atoms with Crippen LogP contribution in [0.25, 0.3) is 0 Å². The van der Waals surface area contributed by atoms with Gasteiger partial charge in [-0.3, -0.25) is 4.79 Å². The van der Waals surface area contributed by atoms with E-state index in [1.54, 1.807) is 0 Å². The van der Waals surface area contributed by atoms with Crippen LogP contribution in [0.4, 0.5) is 0 Å². The predicted octanol–water partition coefficient (Wildman–Crippen LogP) is 0.551. The average molecular weight is 227 g/mol. The molecule has 0 atom stereocenters. The van der Waals surface area contributed by atoms with Gasteiger partial charge in [0.1, 0.15) is 5.75 Å². The van der Waals surface area contributed by atoms with E-state index in [0.29, 0.717) is 26.1 Å². The number of hydrogen-bond acceptors (Lipinski definition) is 4. The Balaban J connectivity index is 2.47. The Bertz CT molecular complexity index is 279. The van der Waals surface area contributed by atoms with Crippen LogP contribution in [-0.2, 0) is 18.6 Å². The van der Waals surface area contributed by atoms with Crippen LogP contribution < -0.4 is 0 Å². The van der Waals surface area contributed by atoms with E-state index >= 15 is 0 Å². The van der Waals surface area contributed by atoms with Gasteiger partial charge < -0.3 is 4.74 Å². The third-order valence-corrected chi connectivity index (χ3v) is 2.95. The molecule has 1 aliphatic rings. The third-order valence-electron chi connectivity index (χ3n) is 1.99. The first-order chi connectivity index (χ1) is 5.99. The molecule has 0 aromatic heterocycles. The number of ketones is 1. The summed E-state index contributed by atoms with van der Waals surface area (Å²) in [6, 6.07) is 0. The number of ether oxygens (including phenoxy) is 1. The molecule has 0 aromatic rings. The standard InChI is InChI=1S/C7H11ClO4S/c8-13(10,11)5-7(9)6-1-3-12-4-2-6/h6H,1-5H2. The first-order valence-corrected chi connectivity index (χ1v) is 6.49. The van der Waals surface area contributed by atoms with Crippen LogP contribution in [0.2, 0.25) is 0 Å². The van der Waals surface area contributed by atoms with Crippen LogP contribution in [0.15, 0.2) is 0 Å². The Kier molecular flexibility index (Phi) is 3.70. The van der Waals surface area contributed by atoms with Gasteiger partial charge in [-0.2, -0.15) is 0 Å². The molecule has 1 heterocycles. The normalized spacial score (nSPS) is 20.1. The first-order valence-electron chi connectivity index (χ1n) is 4.02. The van der Waals surface area contributed by atoms with Gasteiger partial charge in [0.25, 0.3) is 0 Å². The minimum absolute atomic E-state index is 0.192. The molecule has 0 saturated carbocycles. The summed E-state index contributed by atoms with van der Waals surface area (Å²) in [7, 11) is 1.28. The highest BCUT2D eigenvalue weighted by Gasteiger charge is 2.24. The van der Waals surface area contributed by atoms with Crippen LogP contribution in [0.1, 0.15) is 12.8 Å². The number of Topliss-reactive ketones (excluding diaryl/α,β-unsaturated/α-hetero) is 1. The number of carbonyl (C=O) groups excluding carboxylic acids is 1. The number of halogens is 1. The molecule has 0 amide bonds. The quantitative estimate of drug-likeness (QED) is 0.660. The topological polar surface area (TPSA) is 60.4 Å². The summed E-state index contributed by atoms with van der Waals surface area (Å²) in [6.45, 7) is 1.05. The van der Waals surface area contributed by atoms with E-state index in [1.165, 1.54) is 0 Å². The lowest BCUT2D eigenvalue weighted by Gasteiger charge is -2.19. The van der Waals surface area contributed by atoms with Crippen LogP contribution in [0.5, 0.6) is 0 Å². The van der Waals surface area contributed by atoms with Gasteiger partial charge >= 0.3 is 0 Å². The van der Waals surface area contributed by atoms with Crippen molar-refractivity contribution < 1.29 is 17.9 Å². The molecule has 6 heteroatoms. The molecule has 0 radical (unpaired) electrons. The lowest BCUT2D eigenvalue weighted by atomic mass is 9.96. The molecule has 0 unspecified atom stereocenters. The van der Waals surface area contributed by atoms with E-state index in [1.807, 2.05) is 0 Å². The lowest BCUT2D eigenvalue weighted by Crippen LogP contribution is -2.27. The van der Waals surface area contributed by atoms with E-state index in [9.17, 15) is 13.2 Å². The van der Waals surface area contributed by atoms with Gasteiger partial charge in [-0.25, -0.2) is 8.42 Å². The van der Waals surface area contributed by atoms with Gasteiger partial charge in [0.05, 0.1) is 0 Å². The molecule has 0 spiro atoms. The van der Waals surface area contributed by atoms with Crippen molar-refractivity contribution in [2.24, 2.45) is 5.92 Å². The molecule has 1 rings (SSSR count). The fourth-order valence-electron chi connectivity index (χ4n) is 1.31. The Hall–Kier alpha value is -0.130. The maximum atomic E-state index is 11.3. The zero-order valence-corrected chi connectivity index (χ0v) is 8.60. The second kappa shape index (κ2) is 4.39. The highest BCUT2D eigenvalue weighted by molar-refractivity contribution is 8.14. The molecule has 4 nitrogen and oxygen atoms in total. The second-order valence-corrected chi connectivity index (χ2v) is 5.81. The lowest BCUT2D eigenvalue weighted by molar-refractivity contribution is -0.123. The molecule has 1 saturated heterocycles. The van der Waals surface area contributed by atoms with Crippen molar-refractivity contribution >= 4 is 25.5 Å². The molecule has 76 valence electrons. The van der Waals surface area contributed by atoms with Crippen molar-refractivity contribution in [1.82, 2.24) is 0 Å². The van der Waals surface area contributed by atoms with Gasteiger partial charge in [-0.05, 0) is 12.8 Å². The van der Waals surface area contributed by atoms with Crippen LogP contribution in [-0.4, -0.2) is 33.2 Å². The van der Waals surface area contributed by atoms with Gasteiger partial charge in [0.15, 0.2) is 5.78 Å². The fraction of sp³-hybridized carbons (Fsp3) is 0.857. The maximum Gasteiger partial charge on any atom is 0.239 e. The molecule has 0 aromatic carbocycles. The average Bonchev–Trinajstić information content (AvgIpc) is 2.03.